The monoisotopic (exact) mass is 283 g/mol. The molecule has 1 heterocycles. The molecule has 3 nitrogen and oxygen atoms in total. The summed E-state index contributed by atoms with van der Waals surface area (Å²) >= 11 is 0. The average molecular weight is 283 g/mol. The van der Waals surface area contributed by atoms with E-state index in [4.69, 9.17) is 9.84 Å². The lowest BCUT2D eigenvalue weighted by atomic mass is 10.0. The maximum atomic E-state index is 9.04. The van der Waals surface area contributed by atoms with Crippen molar-refractivity contribution < 1.29 is 9.84 Å². The van der Waals surface area contributed by atoms with Gasteiger partial charge in [0.05, 0.1) is 6.61 Å². The minimum atomic E-state index is 0.101. The van der Waals surface area contributed by atoms with E-state index in [1.165, 1.54) is 24.2 Å². The summed E-state index contributed by atoms with van der Waals surface area (Å²) in [6.45, 7) is 4.33. The molecule has 0 amide bonds. The lowest BCUT2D eigenvalue weighted by Gasteiger charge is -2.08. The van der Waals surface area contributed by atoms with Gasteiger partial charge in [0, 0.05) is 19.6 Å². The molecule has 3 rings (SSSR count). The van der Waals surface area contributed by atoms with E-state index in [0.717, 1.165) is 30.9 Å². The Morgan fingerprint density at radius 3 is 2.00 bits per heavy atom. The Hall–Kier alpha value is -1.84. The second-order valence-electron chi connectivity index (χ2n) is 5.49. The minimum Gasteiger partial charge on any atom is -0.492 e. The number of benzene rings is 2. The molecule has 1 saturated heterocycles. The van der Waals surface area contributed by atoms with Crippen molar-refractivity contribution in [3.8, 4) is 5.75 Å². The van der Waals surface area contributed by atoms with Gasteiger partial charge in [-0.15, -0.1) is 0 Å². The number of aliphatic hydroxyl groups is 1. The first kappa shape index (κ1) is 14.1. The number of rotatable bonds is 7. The smallest absolute Gasteiger partial charge is 0.119 e. The number of ether oxygens (including phenoxy) is 1. The van der Waals surface area contributed by atoms with Crippen molar-refractivity contribution in [2.45, 2.75) is 13.0 Å². The molecule has 1 fully saturated rings. The van der Waals surface area contributed by atoms with Crippen LogP contribution in [0.5, 0.6) is 5.75 Å². The molecule has 3 heteroatoms. The van der Waals surface area contributed by atoms with E-state index in [2.05, 4.69) is 29.2 Å². The summed E-state index contributed by atoms with van der Waals surface area (Å²) in [7, 11) is 0. The van der Waals surface area contributed by atoms with Gasteiger partial charge >= 0.3 is 0 Å². The van der Waals surface area contributed by atoms with Crippen LogP contribution >= 0.6 is 0 Å². The Kier molecular flexibility index (Phi) is 4.53. The van der Waals surface area contributed by atoms with Crippen LogP contribution in [0, 0.1) is 0 Å². The molecule has 0 saturated carbocycles. The zero-order valence-electron chi connectivity index (χ0n) is 12.2. The summed E-state index contributed by atoms with van der Waals surface area (Å²) in [6.07, 6.45) is 0.903. The predicted molar refractivity (Wildman–Crippen MR) is 83.5 cm³/mol. The SMILES string of the molecule is OCc1ccc(Cc2ccc(OCCN3CC3)cc2)cc1. The molecule has 0 aromatic heterocycles. The van der Waals surface area contributed by atoms with E-state index >= 15 is 0 Å². The second kappa shape index (κ2) is 6.74. The summed E-state index contributed by atoms with van der Waals surface area (Å²) < 4.78 is 5.72. The number of hydrogen-bond donors (Lipinski definition) is 1. The third-order valence-electron chi connectivity index (χ3n) is 3.75. The molecule has 2 aromatic rings. The van der Waals surface area contributed by atoms with E-state index < -0.39 is 0 Å². The predicted octanol–water partition coefficient (Wildman–Crippen LogP) is 2.46. The fourth-order valence-electron chi connectivity index (χ4n) is 2.29. The van der Waals surface area contributed by atoms with Crippen LogP contribution in [-0.2, 0) is 13.0 Å². The molecule has 1 N–H and O–H groups in total. The van der Waals surface area contributed by atoms with Gasteiger partial charge < -0.3 is 9.84 Å². The summed E-state index contributed by atoms with van der Waals surface area (Å²) in [5.74, 6) is 0.941. The van der Waals surface area contributed by atoms with Crippen LogP contribution in [0.25, 0.3) is 0 Å². The molecule has 0 aliphatic carbocycles. The molecule has 1 aliphatic heterocycles. The Balaban J connectivity index is 1.52. The fraction of sp³-hybridized carbons (Fsp3) is 0.333. The number of nitrogens with zero attached hydrogens (tertiary/aromatic N) is 1. The maximum absolute atomic E-state index is 9.04. The van der Waals surface area contributed by atoms with Crippen LogP contribution in [-0.4, -0.2) is 36.2 Å². The summed E-state index contributed by atoms with van der Waals surface area (Å²) in [6, 6.07) is 16.4. The van der Waals surface area contributed by atoms with Crippen molar-refractivity contribution in [3.63, 3.8) is 0 Å². The normalized spacial score (nSPS) is 14.1. The van der Waals surface area contributed by atoms with Gasteiger partial charge in [0.1, 0.15) is 12.4 Å². The quantitative estimate of drug-likeness (QED) is 0.792. The van der Waals surface area contributed by atoms with Crippen LogP contribution < -0.4 is 4.74 Å². The average Bonchev–Trinajstić information content (AvgIpc) is 3.34. The summed E-state index contributed by atoms with van der Waals surface area (Å²) in [5, 5.41) is 9.04. The van der Waals surface area contributed by atoms with Gasteiger partial charge in [-0.3, -0.25) is 4.90 Å². The maximum Gasteiger partial charge on any atom is 0.119 e. The molecule has 1 aliphatic rings. The Morgan fingerprint density at radius 1 is 0.857 bits per heavy atom. The van der Waals surface area contributed by atoms with Gasteiger partial charge in [-0.25, -0.2) is 0 Å². The molecule has 2 aromatic carbocycles. The Morgan fingerprint density at radius 2 is 1.43 bits per heavy atom. The van der Waals surface area contributed by atoms with Crippen LogP contribution in [0.4, 0.5) is 0 Å². The van der Waals surface area contributed by atoms with Crippen LogP contribution in [0.1, 0.15) is 16.7 Å². The lowest BCUT2D eigenvalue weighted by molar-refractivity contribution is 0.282. The molecule has 0 unspecified atom stereocenters. The molecule has 0 radical (unpaired) electrons. The van der Waals surface area contributed by atoms with Crippen molar-refractivity contribution in [3.05, 3.63) is 65.2 Å². The molecular formula is C18H21NO2. The van der Waals surface area contributed by atoms with Gasteiger partial charge in [0.25, 0.3) is 0 Å². The highest BCUT2D eigenvalue weighted by molar-refractivity contribution is 5.32. The zero-order chi connectivity index (χ0) is 14.5. The molecule has 110 valence electrons. The van der Waals surface area contributed by atoms with Crippen LogP contribution in [0.15, 0.2) is 48.5 Å². The second-order valence-corrected chi connectivity index (χ2v) is 5.49. The third-order valence-corrected chi connectivity index (χ3v) is 3.75. The summed E-state index contributed by atoms with van der Waals surface area (Å²) in [4.78, 5) is 2.35. The first-order valence-electron chi connectivity index (χ1n) is 7.46. The Labute approximate surface area is 125 Å². The lowest BCUT2D eigenvalue weighted by Crippen LogP contribution is -2.10. The number of aliphatic hydroxyl groups excluding tert-OH is 1. The van der Waals surface area contributed by atoms with Crippen molar-refractivity contribution in [1.29, 1.82) is 0 Å². The standard InChI is InChI=1S/C18H21NO2/c20-14-17-3-1-15(2-4-17)13-16-5-7-18(8-6-16)21-12-11-19-9-10-19/h1-8,20H,9-14H2. The van der Waals surface area contributed by atoms with E-state index in [9.17, 15) is 0 Å². The molecule has 21 heavy (non-hydrogen) atoms. The van der Waals surface area contributed by atoms with Gasteiger partial charge in [-0.05, 0) is 35.2 Å². The first-order valence-corrected chi connectivity index (χ1v) is 7.46. The highest BCUT2D eigenvalue weighted by atomic mass is 16.5. The van der Waals surface area contributed by atoms with Crippen molar-refractivity contribution >= 4 is 0 Å². The van der Waals surface area contributed by atoms with Gasteiger partial charge in [0.15, 0.2) is 0 Å². The molecule has 0 atom stereocenters. The first-order chi connectivity index (χ1) is 10.3. The van der Waals surface area contributed by atoms with E-state index in [-0.39, 0.29) is 6.61 Å². The summed E-state index contributed by atoms with van der Waals surface area (Å²) in [5.41, 5.74) is 3.47. The van der Waals surface area contributed by atoms with Crippen molar-refractivity contribution in [2.75, 3.05) is 26.2 Å². The van der Waals surface area contributed by atoms with Gasteiger partial charge in [0.2, 0.25) is 0 Å². The van der Waals surface area contributed by atoms with Crippen LogP contribution in [0.3, 0.4) is 0 Å². The van der Waals surface area contributed by atoms with Gasteiger partial charge in [-0.2, -0.15) is 0 Å². The molecular weight excluding hydrogens is 262 g/mol. The Bertz CT molecular complexity index is 559. The molecule has 0 spiro atoms. The third kappa shape index (κ3) is 4.31. The van der Waals surface area contributed by atoms with Crippen LogP contribution in [0.2, 0.25) is 0 Å². The number of hydrogen-bond acceptors (Lipinski definition) is 3. The topological polar surface area (TPSA) is 32.5 Å². The highest BCUT2D eigenvalue weighted by Crippen LogP contribution is 2.16. The highest BCUT2D eigenvalue weighted by Gasteiger charge is 2.15. The van der Waals surface area contributed by atoms with E-state index in [1.54, 1.807) is 0 Å². The van der Waals surface area contributed by atoms with Gasteiger partial charge in [-0.1, -0.05) is 36.4 Å². The fourth-order valence-corrected chi connectivity index (χ4v) is 2.29. The van der Waals surface area contributed by atoms with Crippen molar-refractivity contribution in [1.82, 2.24) is 4.90 Å². The van der Waals surface area contributed by atoms with Crippen molar-refractivity contribution in [2.24, 2.45) is 0 Å². The van der Waals surface area contributed by atoms with E-state index in [1.807, 2.05) is 24.3 Å². The van der Waals surface area contributed by atoms with E-state index in [0.29, 0.717) is 0 Å². The molecule has 0 bridgehead atoms. The largest absolute Gasteiger partial charge is 0.492 e. The zero-order valence-corrected chi connectivity index (χ0v) is 12.2. The minimum absolute atomic E-state index is 0.101.